The summed E-state index contributed by atoms with van der Waals surface area (Å²) in [6.07, 6.45) is 1.67. The zero-order chi connectivity index (χ0) is 17.3. The molecular weight excluding hydrogens is 322 g/mol. The van der Waals surface area contributed by atoms with Crippen molar-refractivity contribution in [3.05, 3.63) is 69.6 Å². The van der Waals surface area contributed by atoms with E-state index in [-0.39, 0.29) is 0 Å². The molecule has 4 nitrogen and oxygen atoms in total. The lowest BCUT2D eigenvalue weighted by molar-refractivity contribution is 0.411. The van der Waals surface area contributed by atoms with Crippen LogP contribution in [-0.4, -0.2) is 10.1 Å². The molecule has 0 bridgehead atoms. The summed E-state index contributed by atoms with van der Waals surface area (Å²) in [4.78, 5) is 4.45. The van der Waals surface area contributed by atoms with E-state index in [9.17, 15) is 0 Å². The molecule has 0 amide bonds. The van der Waals surface area contributed by atoms with Gasteiger partial charge in [0.05, 0.1) is 0 Å². The number of aromatic nitrogens is 2. The van der Waals surface area contributed by atoms with Crippen LogP contribution < -0.4 is 5.73 Å². The normalized spacial score (nSPS) is 11.8. The van der Waals surface area contributed by atoms with Gasteiger partial charge in [0.25, 0.3) is 5.89 Å². The number of hydrogen-bond acceptors (Lipinski definition) is 4. The van der Waals surface area contributed by atoms with Gasteiger partial charge in [-0.1, -0.05) is 46.6 Å². The number of nitrogens with two attached hydrogens (primary N) is 1. The van der Waals surface area contributed by atoms with E-state index >= 15 is 0 Å². The summed E-state index contributed by atoms with van der Waals surface area (Å²) in [7, 11) is 0. The molecular formula is C19H18ClN3O. The third kappa shape index (κ3) is 3.34. The monoisotopic (exact) mass is 339 g/mol. The van der Waals surface area contributed by atoms with Crippen molar-refractivity contribution in [2.24, 2.45) is 5.73 Å². The Bertz CT molecular complexity index is 888. The van der Waals surface area contributed by atoms with Crippen LogP contribution in [0.15, 0.2) is 40.9 Å². The molecule has 5 heteroatoms. The van der Waals surface area contributed by atoms with Gasteiger partial charge < -0.3 is 10.3 Å². The SMILES string of the molecule is Cc1cc(C)c(-c2noc(/C=C(\N)c3ccc(Cl)cc3)n2)c(C)c1. The van der Waals surface area contributed by atoms with Crippen molar-refractivity contribution in [1.29, 1.82) is 0 Å². The molecule has 1 heterocycles. The molecule has 3 aromatic rings. The molecule has 122 valence electrons. The van der Waals surface area contributed by atoms with E-state index in [0.717, 1.165) is 22.3 Å². The Hall–Kier alpha value is -2.59. The minimum absolute atomic E-state index is 0.372. The highest BCUT2D eigenvalue weighted by molar-refractivity contribution is 6.30. The third-order valence-electron chi connectivity index (χ3n) is 3.80. The van der Waals surface area contributed by atoms with Crippen LogP contribution in [0.4, 0.5) is 0 Å². The fourth-order valence-corrected chi connectivity index (χ4v) is 2.91. The quantitative estimate of drug-likeness (QED) is 0.746. The summed E-state index contributed by atoms with van der Waals surface area (Å²) in [5.41, 5.74) is 11.9. The van der Waals surface area contributed by atoms with Crippen molar-refractivity contribution in [3.8, 4) is 11.4 Å². The smallest absolute Gasteiger partial charge is 0.253 e. The number of nitrogens with zero attached hydrogens (tertiary/aromatic N) is 2. The Labute approximate surface area is 146 Å². The Balaban J connectivity index is 1.94. The van der Waals surface area contributed by atoms with Gasteiger partial charge in [0.2, 0.25) is 5.82 Å². The van der Waals surface area contributed by atoms with Crippen LogP contribution in [0.5, 0.6) is 0 Å². The largest absolute Gasteiger partial charge is 0.398 e. The van der Waals surface area contributed by atoms with E-state index in [1.165, 1.54) is 5.56 Å². The van der Waals surface area contributed by atoms with Gasteiger partial charge in [-0.15, -0.1) is 0 Å². The predicted molar refractivity (Wildman–Crippen MR) is 97.5 cm³/mol. The topological polar surface area (TPSA) is 64.9 Å². The second kappa shape index (κ2) is 6.49. The van der Waals surface area contributed by atoms with Crippen LogP contribution in [0.2, 0.25) is 5.02 Å². The molecule has 0 fully saturated rings. The van der Waals surface area contributed by atoms with Crippen molar-refractivity contribution in [2.45, 2.75) is 20.8 Å². The second-order valence-corrected chi connectivity index (χ2v) is 6.27. The molecule has 0 aliphatic heterocycles. The Kier molecular flexibility index (Phi) is 4.40. The summed E-state index contributed by atoms with van der Waals surface area (Å²) in [6, 6.07) is 11.5. The summed E-state index contributed by atoms with van der Waals surface area (Å²) in [5.74, 6) is 0.942. The van der Waals surface area contributed by atoms with Gasteiger partial charge in [-0.2, -0.15) is 4.98 Å². The van der Waals surface area contributed by atoms with Gasteiger partial charge in [0, 0.05) is 22.4 Å². The maximum atomic E-state index is 6.09. The van der Waals surface area contributed by atoms with Gasteiger partial charge in [-0.25, -0.2) is 0 Å². The fraction of sp³-hybridized carbons (Fsp3) is 0.158. The average molecular weight is 340 g/mol. The number of rotatable bonds is 3. The van der Waals surface area contributed by atoms with Gasteiger partial charge in [0.1, 0.15) is 0 Å². The van der Waals surface area contributed by atoms with Crippen molar-refractivity contribution in [3.63, 3.8) is 0 Å². The molecule has 0 spiro atoms. The lowest BCUT2D eigenvalue weighted by atomic mass is 9.99. The lowest BCUT2D eigenvalue weighted by Gasteiger charge is -2.06. The van der Waals surface area contributed by atoms with Crippen LogP contribution in [0.25, 0.3) is 23.2 Å². The van der Waals surface area contributed by atoms with Gasteiger partial charge in [-0.3, -0.25) is 0 Å². The first-order valence-corrected chi connectivity index (χ1v) is 7.97. The van der Waals surface area contributed by atoms with Crippen LogP contribution in [0.3, 0.4) is 0 Å². The van der Waals surface area contributed by atoms with E-state index in [0.29, 0.717) is 22.4 Å². The lowest BCUT2D eigenvalue weighted by Crippen LogP contribution is -1.96. The van der Waals surface area contributed by atoms with Gasteiger partial charge >= 0.3 is 0 Å². The highest BCUT2D eigenvalue weighted by atomic mass is 35.5. The van der Waals surface area contributed by atoms with Gasteiger partial charge in [0.15, 0.2) is 0 Å². The molecule has 0 atom stereocenters. The van der Waals surface area contributed by atoms with Crippen molar-refractivity contribution < 1.29 is 4.52 Å². The highest BCUT2D eigenvalue weighted by Gasteiger charge is 2.13. The Morgan fingerprint density at radius 1 is 1.08 bits per heavy atom. The molecule has 0 saturated carbocycles. The average Bonchev–Trinajstić information content (AvgIpc) is 2.95. The molecule has 24 heavy (non-hydrogen) atoms. The van der Waals surface area contributed by atoms with Crippen LogP contribution in [0, 0.1) is 20.8 Å². The molecule has 0 aliphatic carbocycles. The summed E-state index contributed by atoms with van der Waals surface area (Å²) in [6.45, 7) is 6.16. The first-order chi connectivity index (χ1) is 11.4. The number of aryl methyl sites for hydroxylation is 3. The highest BCUT2D eigenvalue weighted by Crippen LogP contribution is 2.26. The van der Waals surface area contributed by atoms with Crippen LogP contribution in [-0.2, 0) is 0 Å². The maximum Gasteiger partial charge on any atom is 0.253 e. The molecule has 0 radical (unpaired) electrons. The molecule has 0 saturated heterocycles. The van der Waals surface area contributed by atoms with E-state index in [4.69, 9.17) is 21.9 Å². The molecule has 3 rings (SSSR count). The zero-order valence-corrected chi connectivity index (χ0v) is 14.6. The van der Waals surface area contributed by atoms with Crippen molar-refractivity contribution in [1.82, 2.24) is 10.1 Å². The van der Waals surface area contributed by atoms with E-state index in [2.05, 4.69) is 29.2 Å². The second-order valence-electron chi connectivity index (χ2n) is 5.84. The summed E-state index contributed by atoms with van der Waals surface area (Å²) < 4.78 is 5.33. The van der Waals surface area contributed by atoms with E-state index in [1.54, 1.807) is 18.2 Å². The fourth-order valence-electron chi connectivity index (χ4n) is 2.79. The van der Waals surface area contributed by atoms with Crippen LogP contribution >= 0.6 is 11.6 Å². The number of halogens is 1. The van der Waals surface area contributed by atoms with E-state index < -0.39 is 0 Å². The third-order valence-corrected chi connectivity index (χ3v) is 4.05. The minimum Gasteiger partial charge on any atom is -0.398 e. The van der Waals surface area contributed by atoms with E-state index in [1.807, 2.05) is 26.0 Å². The zero-order valence-electron chi connectivity index (χ0n) is 13.8. The van der Waals surface area contributed by atoms with Crippen LogP contribution in [0.1, 0.15) is 28.1 Å². The standard InChI is InChI=1S/C19H18ClN3O/c1-11-8-12(2)18(13(3)9-11)19-22-17(24-23-19)10-16(21)14-4-6-15(20)7-5-14/h4-10H,21H2,1-3H3/b16-10-. The maximum absolute atomic E-state index is 6.09. The first kappa shape index (κ1) is 16.3. The number of hydrogen-bond donors (Lipinski definition) is 1. The molecule has 0 aliphatic rings. The Morgan fingerprint density at radius 3 is 2.33 bits per heavy atom. The predicted octanol–water partition coefficient (Wildman–Crippen LogP) is 4.77. The van der Waals surface area contributed by atoms with Crippen molar-refractivity contribution in [2.75, 3.05) is 0 Å². The first-order valence-electron chi connectivity index (χ1n) is 7.59. The molecule has 2 N–H and O–H groups in total. The molecule has 1 aromatic heterocycles. The minimum atomic E-state index is 0.372. The number of benzene rings is 2. The molecule has 2 aromatic carbocycles. The summed E-state index contributed by atoms with van der Waals surface area (Å²) >= 11 is 5.89. The van der Waals surface area contributed by atoms with Crippen molar-refractivity contribution >= 4 is 23.4 Å². The Morgan fingerprint density at radius 2 is 1.71 bits per heavy atom. The summed E-state index contributed by atoms with van der Waals surface area (Å²) in [5, 5.41) is 4.76. The van der Waals surface area contributed by atoms with Gasteiger partial charge in [-0.05, 0) is 49.6 Å². The molecule has 0 unspecified atom stereocenters.